The molecule has 0 aliphatic carbocycles. The average Bonchev–Trinajstić information content (AvgIpc) is 2.60. The molecule has 29 heavy (non-hydrogen) atoms. The molecule has 2 aromatic carbocycles. The number of carbonyl (C=O) groups excluding carboxylic acids is 2. The Balaban J connectivity index is 2.00. The Morgan fingerprint density at radius 1 is 1.10 bits per heavy atom. The molecule has 1 unspecified atom stereocenters. The normalized spacial score (nSPS) is 12.9. The van der Waals surface area contributed by atoms with Gasteiger partial charge in [0.05, 0.1) is 0 Å². The molecule has 0 radical (unpaired) electrons. The summed E-state index contributed by atoms with van der Waals surface area (Å²) in [5.74, 6) is -5.45. The van der Waals surface area contributed by atoms with E-state index in [1.807, 2.05) is 0 Å². The van der Waals surface area contributed by atoms with Gasteiger partial charge in [0.15, 0.2) is 0 Å². The number of anilines is 1. The van der Waals surface area contributed by atoms with Crippen LogP contribution in [0, 0.1) is 17.5 Å². The van der Waals surface area contributed by atoms with Crippen molar-refractivity contribution in [3.8, 4) is 5.75 Å². The Morgan fingerprint density at radius 3 is 2.41 bits per heavy atom. The van der Waals surface area contributed by atoms with Gasteiger partial charge in [-0.2, -0.15) is 0 Å². The van der Waals surface area contributed by atoms with Gasteiger partial charge in [-0.05, 0) is 0 Å². The zero-order valence-corrected chi connectivity index (χ0v) is 17.0. The predicted octanol–water partition coefficient (Wildman–Crippen LogP) is 1.90. The number of aryl methyl sites for hydroxylation is 1. The maximum atomic E-state index is 13.6. The zero-order chi connectivity index (χ0) is 21.8. The minimum absolute atomic E-state index is 0.0383. The molecule has 2 aromatic rings. The van der Waals surface area contributed by atoms with Crippen LogP contribution in [-0.4, -0.2) is 35.3 Å². The van der Waals surface area contributed by atoms with Crippen LogP contribution in [-0.2, 0) is 23.5 Å². The maximum absolute atomic E-state index is 13.6. The van der Waals surface area contributed by atoms with E-state index in [2.05, 4.69) is 9.04 Å². The molecule has 0 heterocycles. The molecule has 0 aromatic heterocycles. The summed E-state index contributed by atoms with van der Waals surface area (Å²) in [7, 11) is 0. The molecule has 2 rings (SSSR count). The molecule has 11 heteroatoms. The average molecular weight is 475 g/mol. The Kier molecular flexibility index (Phi) is 7.16. The van der Waals surface area contributed by atoms with Crippen molar-refractivity contribution in [2.24, 2.45) is 0 Å². The molecular weight excluding hydrogens is 458 g/mol. The summed E-state index contributed by atoms with van der Waals surface area (Å²) in [5, 5.41) is 11.9. The molecule has 1 atom stereocenters. The number of hydrogen-bond acceptors (Lipinski definition) is 5. The zero-order valence-electron chi connectivity index (χ0n) is 15.1. The number of carbonyl (C=O) groups is 2. The van der Waals surface area contributed by atoms with Gasteiger partial charge >= 0.3 is 166 Å². The summed E-state index contributed by atoms with van der Waals surface area (Å²) in [6.45, 7) is 1.17. The number of halogens is 3. The van der Waals surface area contributed by atoms with Crippen LogP contribution in [0.4, 0.5) is 18.9 Å². The van der Waals surface area contributed by atoms with E-state index in [1.54, 1.807) is 0 Å². The van der Waals surface area contributed by atoms with E-state index >= 15 is 0 Å². The number of nitrogens with one attached hydrogen (secondary N) is 1. The number of phenolic OH excluding ortho intramolecular Hbond substituents is 1. The van der Waals surface area contributed by atoms with Gasteiger partial charge in [0, 0.05) is 0 Å². The first-order valence-corrected chi connectivity index (χ1v) is 11.6. The summed E-state index contributed by atoms with van der Waals surface area (Å²) in [5.41, 5.74) is -0.275. The molecular formula is C18H17AsF3NO6. The fraction of sp³-hybridized carbons (Fsp3) is 0.222. The second-order valence-electron chi connectivity index (χ2n) is 6.08. The second-order valence-corrected chi connectivity index (χ2v) is 9.73. The molecule has 1 amide bonds. The van der Waals surface area contributed by atoms with Crippen molar-refractivity contribution >= 4 is 36.1 Å². The molecule has 0 saturated carbocycles. The predicted molar refractivity (Wildman–Crippen MR) is 96.0 cm³/mol. The van der Waals surface area contributed by atoms with Crippen LogP contribution < -0.4 is 9.67 Å². The van der Waals surface area contributed by atoms with Crippen molar-refractivity contribution in [2.45, 2.75) is 26.2 Å². The van der Waals surface area contributed by atoms with Crippen LogP contribution >= 0.6 is 0 Å². The van der Waals surface area contributed by atoms with E-state index in [4.69, 9.17) is 0 Å². The molecule has 0 saturated heterocycles. The van der Waals surface area contributed by atoms with Crippen LogP contribution in [0.2, 0.25) is 0 Å². The fourth-order valence-corrected chi connectivity index (χ4v) is 4.56. The first-order chi connectivity index (χ1) is 13.5. The van der Waals surface area contributed by atoms with Crippen LogP contribution in [0.1, 0.15) is 25.3 Å². The monoisotopic (exact) mass is 475 g/mol. The third kappa shape index (κ3) is 6.13. The third-order valence-electron chi connectivity index (χ3n) is 3.76. The van der Waals surface area contributed by atoms with E-state index in [0.29, 0.717) is 12.1 Å². The van der Waals surface area contributed by atoms with Gasteiger partial charge in [0.25, 0.3) is 0 Å². The first kappa shape index (κ1) is 22.6. The van der Waals surface area contributed by atoms with Crippen molar-refractivity contribution in [3.63, 3.8) is 0 Å². The van der Waals surface area contributed by atoms with Crippen molar-refractivity contribution in [2.75, 3.05) is 5.32 Å². The molecule has 0 aliphatic rings. The fourth-order valence-electron chi connectivity index (χ4n) is 2.40. The van der Waals surface area contributed by atoms with E-state index in [-0.39, 0.29) is 40.6 Å². The summed E-state index contributed by atoms with van der Waals surface area (Å²) in [6, 6.07) is 4.22. The van der Waals surface area contributed by atoms with Gasteiger partial charge < -0.3 is 0 Å². The first-order valence-electron chi connectivity index (χ1n) is 8.29. The van der Waals surface area contributed by atoms with E-state index in [1.165, 1.54) is 6.92 Å². The van der Waals surface area contributed by atoms with Gasteiger partial charge in [0.2, 0.25) is 0 Å². The molecule has 3 N–H and O–H groups in total. The molecule has 0 bridgehead atoms. The van der Waals surface area contributed by atoms with Gasteiger partial charge in [-0.15, -0.1) is 0 Å². The number of amides is 1. The minimum atomic E-state index is -5.34. The molecule has 0 spiro atoms. The summed E-state index contributed by atoms with van der Waals surface area (Å²) >= 11 is -5.34. The number of benzene rings is 2. The Labute approximate surface area is 166 Å². The van der Waals surface area contributed by atoms with Crippen molar-refractivity contribution in [1.29, 1.82) is 0 Å². The van der Waals surface area contributed by atoms with E-state index in [0.717, 1.165) is 18.2 Å². The Hall–Kier alpha value is -2.71. The van der Waals surface area contributed by atoms with Crippen LogP contribution in [0.5, 0.6) is 5.75 Å². The number of phenols is 1. The van der Waals surface area contributed by atoms with E-state index < -0.39 is 43.5 Å². The Bertz CT molecular complexity index is 998. The quantitative estimate of drug-likeness (QED) is 0.321. The number of aromatic hydroxyl groups is 1. The second kappa shape index (κ2) is 9.19. The standard InChI is InChI=1S/C18H17AsF3NO6/c1-10(24)23-16-8-12(5-6-17(16)25)19(27,28)29-18(26)4-2-3-11-7-14(21)15(22)9-13(11)20/h5-9,25H,2-4H2,1H3,(H,23,24)(H,27,28). The summed E-state index contributed by atoms with van der Waals surface area (Å²) in [6.07, 6.45) is -0.531. The van der Waals surface area contributed by atoms with Crippen LogP contribution in [0.15, 0.2) is 30.3 Å². The van der Waals surface area contributed by atoms with Gasteiger partial charge in [-0.25, -0.2) is 0 Å². The third-order valence-corrected chi connectivity index (χ3v) is 6.66. The van der Waals surface area contributed by atoms with Gasteiger partial charge in [-0.1, -0.05) is 0 Å². The van der Waals surface area contributed by atoms with E-state index in [9.17, 15) is 35.7 Å². The van der Waals surface area contributed by atoms with Gasteiger partial charge in [0.1, 0.15) is 0 Å². The topological polar surface area (TPSA) is 113 Å². The molecule has 0 aliphatic heterocycles. The van der Waals surface area contributed by atoms with Crippen LogP contribution in [0.25, 0.3) is 0 Å². The SMILES string of the molecule is CC(=O)Nc1cc([As](=O)(O)OC(=O)CCCc2cc(F)c(F)cc2F)ccc1O. The van der Waals surface area contributed by atoms with Crippen molar-refractivity contribution in [3.05, 3.63) is 53.3 Å². The molecule has 7 nitrogen and oxygen atoms in total. The number of hydrogen-bond donors (Lipinski definition) is 3. The summed E-state index contributed by atoms with van der Waals surface area (Å²) < 4.78 is 66.4. The molecule has 0 fully saturated rings. The van der Waals surface area contributed by atoms with Crippen LogP contribution in [0.3, 0.4) is 0 Å². The van der Waals surface area contributed by atoms with Crippen molar-refractivity contribution in [1.82, 2.24) is 0 Å². The molecule has 156 valence electrons. The van der Waals surface area contributed by atoms with Gasteiger partial charge in [-0.3, -0.25) is 0 Å². The number of rotatable bonds is 7. The Morgan fingerprint density at radius 2 is 1.76 bits per heavy atom. The van der Waals surface area contributed by atoms with Crippen molar-refractivity contribution < 1.29 is 39.4 Å². The summed E-state index contributed by atoms with van der Waals surface area (Å²) in [4.78, 5) is 23.0.